The molecule has 2 aliphatic heterocycles. The molecule has 21 heavy (non-hydrogen) atoms. The third-order valence-corrected chi connectivity index (χ3v) is 4.49. The van der Waals surface area contributed by atoms with Crippen molar-refractivity contribution in [1.82, 2.24) is 14.9 Å². The van der Waals surface area contributed by atoms with E-state index in [0.717, 1.165) is 19.1 Å². The lowest BCUT2D eigenvalue weighted by Crippen LogP contribution is -2.44. The van der Waals surface area contributed by atoms with Gasteiger partial charge in [-0.15, -0.1) is 0 Å². The number of likely N-dealkylation sites (tertiary alicyclic amines) is 1. The quantitative estimate of drug-likeness (QED) is 0.839. The summed E-state index contributed by atoms with van der Waals surface area (Å²) < 4.78 is 10.4. The van der Waals surface area contributed by atoms with Crippen molar-refractivity contribution in [1.29, 1.82) is 0 Å². The maximum absolute atomic E-state index is 5.22. The van der Waals surface area contributed by atoms with E-state index in [4.69, 9.17) is 9.47 Å². The summed E-state index contributed by atoms with van der Waals surface area (Å²) in [7, 11) is 3.23. The molecule has 0 bridgehead atoms. The number of anilines is 1. The molecule has 0 saturated carbocycles. The Balaban J connectivity index is 1.65. The lowest BCUT2D eigenvalue weighted by atomic mass is 10.0. The molecule has 0 N–H and O–H groups in total. The number of methoxy groups -OCH3 is 2. The van der Waals surface area contributed by atoms with Gasteiger partial charge in [-0.25, -0.2) is 0 Å². The van der Waals surface area contributed by atoms with Crippen LogP contribution in [0, 0.1) is 0 Å². The minimum Gasteiger partial charge on any atom is -0.481 e. The molecule has 0 atom stereocenters. The number of ether oxygens (including phenoxy) is 2. The molecular formula is C15H24N4O2. The maximum Gasteiger partial charge on any atom is 0.231 e. The minimum atomic E-state index is 0.554. The molecule has 0 radical (unpaired) electrons. The molecule has 116 valence electrons. The van der Waals surface area contributed by atoms with Crippen molar-refractivity contribution < 1.29 is 9.47 Å². The van der Waals surface area contributed by atoms with Crippen LogP contribution in [0.5, 0.6) is 11.8 Å². The summed E-state index contributed by atoms with van der Waals surface area (Å²) in [5.74, 6) is 1.82. The van der Waals surface area contributed by atoms with E-state index in [9.17, 15) is 0 Å². The molecule has 3 heterocycles. The molecule has 6 heteroatoms. The van der Waals surface area contributed by atoms with Gasteiger partial charge in [-0.2, -0.15) is 9.97 Å². The number of hydrogen-bond acceptors (Lipinski definition) is 6. The van der Waals surface area contributed by atoms with E-state index in [1.807, 2.05) is 0 Å². The van der Waals surface area contributed by atoms with Crippen LogP contribution < -0.4 is 14.4 Å². The van der Waals surface area contributed by atoms with Gasteiger partial charge >= 0.3 is 0 Å². The zero-order valence-electron chi connectivity index (χ0n) is 12.9. The Bertz CT molecular complexity index is 446. The third kappa shape index (κ3) is 3.20. The Morgan fingerprint density at radius 3 is 2.05 bits per heavy atom. The molecule has 0 unspecified atom stereocenters. The van der Waals surface area contributed by atoms with Crippen LogP contribution in [0.25, 0.3) is 0 Å². The van der Waals surface area contributed by atoms with Crippen molar-refractivity contribution >= 4 is 5.95 Å². The smallest absolute Gasteiger partial charge is 0.231 e. The summed E-state index contributed by atoms with van der Waals surface area (Å²) in [5, 5.41) is 0. The molecule has 2 aliphatic rings. The van der Waals surface area contributed by atoms with Crippen LogP contribution in [0.15, 0.2) is 6.07 Å². The van der Waals surface area contributed by atoms with Crippen LogP contribution in [-0.4, -0.2) is 61.3 Å². The number of piperidine rings is 1. The molecule has 1 aromatic heterocycles. The molecule has 2 fully saturated rings. The molecule has 1 aromatic rings. The predicted octanol–water partition coefficient (Wildman–Crippen LogP) is 1.56. The summed E-state index contributed by atoms with van der Waals surface area (Å²) in [6.07, 6.45) is 5.08. The highest BCUT2D eigenvalue weighted by molar-refractivity contribution is 5.37. The molecule has 6 nitrogen and oxygen atoms in total. The molecule has 0 spiro atoms. The first kappa shape index (κ1) is 14.4. The van der Waals surface area contributed by atoms with Crippen LogP contribution in [-0.2, 0) is 0 Å². The Kier molecular flexibility index (Phi) is 4.43. The monoisotopic (exact) mass is 292 g/mol. The highest BCUT2D eigenvalue weighted by atomic mass is 16.5. The largest absolute Gasteiger partial charge is 0.481 e. The van der Waals surface area contributed by atoms with Crippen LogP contribution in [0.3, 0.4) is 0 Å². The first-order valence-electron chi connectivity index (χ1n) is 7.76. The summed E-state index contributed by atoms with van der Waals surface area (Å²) in [4.78, 5) is 13.8. The van der Waals surface area contributed by atoms with Crippen molar-refractivity contribution in [3.05, 3.63) is 6.07 Å². The zero-order chi connectivity index (χ0) is 14.7. The number of aromatic nitrogens is 2. The van der Waals surface area contributed by atoms with Gasteiger partial charge in [-0.1, -0.05) is 0 Å². The van der Waals surface area contributed by atoms with Crippen molar-refractivity contribution in [2.24, 2.45) is 0 Å². The van der Waals surface area contributed by atoms with Gasteiger partial charge in [0.05, 0.1) is 20.3 Å². The molecule has 2 saturated heterocycles. The summed E-state index contributed by atoms with van der Waals surface area (Å²) in [6.45, 7) is 4.54. The predicted molar refractivity (Wildman–Crippen MR) is 81.2 cm³/mol. The number of rotatable bonds is 4. The summed E-state index contributed by atoms with van der Waals surface area (Å²) in [6, 6.07) is 2.44. The second kappa shape index (κ2) is 6.47. The second-order valence-electron chi connectivity index (χ2n) is 5.71. The van der Waals surface area contributed by atoms with E-state index in [2.05, 4.69) is 19.8 Å². The topological polar surface area (TPSA) is 50.7 Å². The molecular weight excluding hydrogens is 268 g/mol. The van der Waals surface area contributed by atoms with E-state index in [0.29, 0.717) is 17.7 Å². The fourth-order valence-electron chi connectivity index (χ4n) is 3.28. The van der Waals surface area contributed by atoms with Gasteiger partial charge < -0.3 is 19.3 Å². The molecule has 0 amide bonds. The van der Waals surface area contributed by atoms with E-state index >= 15 is 0 Å². The van der Waals surface area contributed by atoms with Crippen molar-refractivity contribution in [2.45, 2.75) is 31.7 Å². The van der Waals surface area contributed by atoms with Crippen molar-refractivity contribution in [3.63, 3.8) is 0 Å². The van der Waals surface area contributed by atoms with Crippen LogP contribution in [0.2, 0.25) is 0 Å². The summed E-state index contributed by atoms with van der Waals surface area (Å²) >= 11 is 0. The fraction of sp³-hybridized carbons (Fsp3) is 0.733. The van der Waals surface area contributed by atoms with Crippen LogP contribution in [0.4, 0.5) is 5.95 Å². The lowest BCUT2D eigenvalue weighted by Gasteiger charge is -2.36. The average Bonchev–Trinajstić information content (AvgIpc) is 3.09. The van der Waals surface area contributed by atoms with E-state index < -0.39 is 0 Å². The van der Waals surface area contributed by atoms with Gasteiger partial charge in [0.15, 0.2) is 0 Å². The number of hydrogen-bond donors (Lipinski definition) is 0. The first-order chi connectivity index (χ1) is 10.3. The van der Waals surface area contributed by atoms with Gasteiger partial charge in [0.25, 0.3) is 0 Å². The van der Waals surface area contributed by atoms with Crippen LogP contribution in [0.1, 0.15) is 25.7 Å². The zero-order valence-corrected chi connectivity index (χ0v) is 12.9. The van der Waals surface area contributed by atoms with Gasteiger partial charge in [0.2, 0.25) is 17.7 Å². The van der Waals surface area contributed by atoms with Gasteiger partial charge in [-0.3, -0.25) is 0 Å². The van der Waals surface area contributed by atoms with Gasteiger partial charge in [-0.05, 0) is 38.8 Å². The summed E-state index contributed by atoms with van der Waals surface area (Å²) in [5.41, 5.74) is 0. The molecule has 0 aliphatic carbocycles. The number of nitrogens with zero attached hydrogens (tertiary/aromatic N) is 4. The maximum atomic E-state index is 5.22. The Labute approximate surface area is 126 Å². The van der Waals surface area contributed by atoms with E-state index in [1.54, 1.807) is 20.3 Å². The van der Waals surface area contributed by atoms with Crippen molar-refractivity contribution in [3.8, 4) is 11.8 Å². The highest BCUT2D eigenvalue weighted by Gasteiger charge is 2.27. The third-order valence-electron chi connectivity index (χ3n) is 4.49. The SMILES string of the molecule is COc1cc(OC)nc(N2CCC(N3CCCC3)CC2)n1. The van der Waals surface area contributed by atoms with Crippen LogP contribution >= 0.6 is 0 Å². The molecule has 0 aromatic carbocycles. The van der Waals surface area contributed by atoms with Gasteiger partial charge in [0, 0.05) is 19.1 Å². The van der Waals surface area contributed by atoms with Crippen molar-refractivity contribution in [2.75, 3.05) is 45.3 Å². The second-order valence-corrected chi connectivity index (χ2v) is 5.71. The van der Waals surface area contributed by atoms with E-state index in [-0.39, 0.29) is 0 Å². The normalized spacial score (nSPS) is 20.8. The Morgan fingerprint density at radius 2 is 1.52 bits per heavy atom. The van der Waals surface area contributed by atoms with Gasteiger partial charge in [0.1, 0.15) is 0 Å². The minimum absolute atomic E-state index is 0.554. The van der Waals surface area contributed by atoms with E-state index in [1.165, 1.54) is 38.8 Å². The Morgan fingerprint density at radius 1 is 0.952 bits per heavy atom. The molecule has 3 rings (SSSR count). The standard InChI is InChI=1S/C15H24N4O2/c1-20-13-11-14(21-2)17-15(16-13)19-9-5-12(6-10-19)18-7-3-4-8-18/h11-12H,3-10H2,1-2H3. The fourth-order valence-corrected chi connectivity index (χ4v) is 3.28. The Hall–Kier alpha value is -1.56. The highest BCUT2D eigenvalue weighted by Crippen LogP contribution is 2.25. The lowest BCUT2D eigenvalue weighted by molar-refractivity contribution is 0.207. The first-order valence-corrected chi connectivity index (χ1v) is 7.76. The average molecular weight is 292 g/mol.